The second-order valence-electron chi connectivity index (χ2n) is 4.26. The first-order valence-electron chi connectivity index (χ1n) is 5.23. The van der Waals surface area contributed by atoms with Crippen molar-refractivity contribution in [3.8, 4) is 5.75 Å². The van der Waals surface area contributed by atoms with Crippen LogP contribution < -0.4 is 5.73 Å². The van der Waals surface area contributed by atoms with Crippen molar-refractivity contribution < 1.29 is 5.11 Å². The van der Waals surface area contributed by atoms with Gasteiger partial charge >= 0.3 is 0 Å². The minimum Gasteiger partial charge on any atom is -0.508 e. The van der Waals surface area contributed by atoms with E-state index in [1.54, 1.807) is 6.07 Å². The third-order valence-electron chi connectivity index (χ3n) is 3.26. The van der Waals surface area contributed by atoms with Crippen molar-refractivity contribution >= 4 is 0 Å². The fourth-order valence-corrected chi connectivity index (χ4v) is 1.96. The highest BCUT2D eigenvalue weighted by Gasteiger charge is 2.25. The zero-order valence-corrected chi connectivity index (χ0v) is 8.53. The molecule has 1 fully saturated rings. The smallest absolute Gasteiger partial charge is 0.118 e. The lowest BCUT2D eigenvalue weighted by atomic mass is 9.77. The molecule has 1 aliphatic rings. The van der Waals surface area contributed by atoms with Crippen LogP contribution in [0.3, 0.4) is 0 Å². The number of benzene rings is 1. The summed E-state index contributed by atoms with van der Waals surface area (Å²) in [7, 11) is 0. The highest BCUT2D eigenvalue weighted by molar-refractivity contribution is 5.36. The van der Waals surface area contributed by atoms with Gasteiger partial charge in [0.2, 0.25) is 0 Å². The van der Waals surface area contributed by atoms with Gasteiger partial charge in [0, 0.05) is 6.04 Å². The van der Waals surface area contributed by atoms with Crippen LogP contribution in [-0.4, -0.2) is 5.11 Å². The molecule has 14 heavy (non-hydrogen) atoms. The molecule has 1 aromatic carbocycles. The maximum atomic E-state index is 9.39. The molecule has 2 rings (SSSR count). The fourth-order valence-electron chi connectivity index (χ4n) is 1.96. The first-order valence-corrected chi connectivity index (χ1v) is 5.23. The molecule has 3 N–H and O–H groups in total. The van der Waals surface area contributed by atoms with E-state index in [1.165, 1.54) is 19.3 Å². The molecule has 1 aromatic rings. The van der Waals surface area contributed by atoms with Crippen molar-refractivity contribution in [3.63, 3.8) is 0 Å². The topological polar surface area (TPSA) is 46.2 Å². The lowest BCUT2D eigenvalue weighted by Gasteiger charge is -2.31. The summed E-state index contributed by atoms with van der Waals surface area (Å²) in [6, 6.07) is 5.83. The predicted molar refractivity (Wildman–Crippen MR) is 57.1 cm³/mol. The van der Waals surface area contributed by atoms with Gasteiger partial charge < -0.3 is 10.8 Å². The number of aryl methyl sites for hydroxylation is 1. The van der Waals surface area contributed by atoms with Crippen molar-refractivity contribution in [3.05, 3.63) is 29.3 Å². The van der Waals surface area contributed by atoms with E-state index in [4.69, 9.17) is 5.73 Å². The van der Waals surface area contributed by atoms with Crippen molar-refractivity contribution in [2.24, 2.45) is 11.7 Å². The van der Waals surface area contributed by atoms with E-state index >= 15 is 0 Å². The van der Waals surface area contributed by atoms with E-state index in [0.29, 0.717) is 11.7 Å². The van der Waals surface area contributed by atoms with Gasteiger partial charge in [0.15, 0.2) is 0 Å². The number of phenols is 1. The van der Waals surface area contributed by atoms with Crippen LogP contribution in [0.1, 0.15) is 36.4 Å². The maximum Gasteiger partial charge on any atom is 0.118 e. The minimum atomic E-state index is 0.156. The zero-order valence-electron chi connectivity index (χ0n) is 8.53. The molecule has 1 aliphatic carbocycles. The molecule has 2 nitrogen and oxygen atoms in total. The Morgan fingerprint density at radius 3 is 2.64 bits per heavy atom. The number of aromatic hydroxyl groups is 1. The Morgan fingerprint density at radius 2 is 2.14 bits per heavy atom. The Kier molecular flexibility index (Phi) is 2.46. The largest absolute Gasteiger partial charge is 0.508 e. The summed E-state index contributed by atoms with van der Waals surface area (Å²) >= 11 is 0. The Labute approximate surface area is 84.7 Å². The Balaban J connectivity index is 2.18. The summed E-state index contributed by atoms with van der Waals surface area (Å²) in [5.41, 5.74) is 8.21. The Hall–Kier alpha value is -1.02. The first-order chi connectivity index (χ1) is 6.68. The fraction of sp³-hybridized carbons (Fsp3) is 0.500. The van der Waals surface area contributed by atoms with Crippen molar-refractivity contribution in [1.82, 2.24) is 0 Å². The Bertz CT molecular complexity index is 331. The summed E-state index contributed by atoms with van der Waals surface area (Å²) in [4.78, 5) is 0. The normalized spacial score (nSPS) is 19.0. The van der Waals surface area contributed by atoms with Crippen LogP contribution >= 0.6 is 0 Å². The lowest BCUT2D eigenvalue weighted by molar-refractivity contribution is 0.264. The minimum absolute atomic E-state index is 0.156. The van der Waals surface area contributed by atoms with Crippen LogP contribution in [0.15, 0.2) is 18.2 Å². The molecule has 0 bridgehead atoms. The second-order valence-corrected chi connectivity index (χ2v) is 4.26. The standard InChI is InChI=1S/C12H17NO/c1-8-7-10(5-6-11(8)14)12(13)9-3-2-4-9/h5-7,9,12,14H,2-4,13H2,1H3. The molecule has 2 heteroatoms. The van der Waals surface area contributed by atoms with Crippen molar-refractivity contribution in [2.45, 2.75) is 32.2 Å². The maximum absolute atomic E-state index is 9.39. The lowest BCUT2D eigenvalue weighted by Crippen LogP contribution is -2.26. The second kappa shape index (κ2) is 3.62. The molecular formula is C12H17NO. The third-order valence-corrected chi connectivity index (χ3v) is 3.26. The van der Waals surface area contributed by atoms with Crippen LogP contribution in [-0.2, 0) is 0 Å². The summed E-state index contributed by atoms with van der Waals surface area (Å²) in [5.74, 6) is 1.01. The van der Waals surface area contributed by atoms with Crippen molar-refractivity contribution in [2.75, 3.05) is 0 Å². The predicted octanol–water partition coefficient (Wildman–Crippen LogP) is 2.50. The van der Waals surface area contributed by atoms with E-state index in [-0.39, 0.29) is 6.04 Å². The molecule has 0 aliphatic heterocycles. The summed E-state index contributed by atoms with van der Waals surface area (Å²) < 4.78 is 0. The number of hydrogen-bond acceptors (Lipinski definition) is 2. The molecule has 0 aromatic heterocycles. The summed E-state index contributed by atoms with van der Waals surface area (Å²) in [5, 5.41) is 9.39. The molecule has 1 saturated carbocycles. The molecule has 0 saturated heterocycles. The van der Waals surface area contributed by atoms with Crippen molar-refractivity contribution in [1.29, 1.82) is 0 Å². The molecule has 0 spiro atoms. The van der Waals surface area contributed by atoms with E-state index in [1.807, 2.05) is 19.1 Å². The van der Waals surface area contributed by atoms with Gasteiger partial charge in [-0.05, 0) is 42.9 Å². The summed E-state index contributed by atoms with van der Waals surface area (Å²) in [6.45, 7) is 1.91. The van der Waals surface area contributed by atoms with Crippen LogP contribution in [0.4, 0.5) is 0 Å². The van der Waals surface area contributed by atoms with Crippen LogP contribution in [0.25, 0.3) is 0 Å². The summed E-state index contributed by atoms with van der Waals surface area (Å²) in [6.07, 6.45) is 3.82. The number of phenolic OH excluding ortho intramolecular Hbond substituents is 1. The SMILES string of the molecule is Cc1cc(C(N)C2CCC2)ccc1O. The highest BCUT2D eigenvalue weighted by atomic mass is 16.3. The quantitative estimate of drug-likeness (QED) is 0.754. The molecule has 0 radical (unpaired) electrons. The molecule has 1 atom stereocenters. The number of nitrogens with two attached hydrogens (primary N) is 1. The molecule has 76 valence electrons. The number of hydrogen-bond donors (Lipinski definition) is 2. The van der Waals surface area contributed by atoms with Gasteiger partial charge in [-0.15, -0.1) is 0 Å². The molecule has 1 unspecified atom stereocenters. The molecule has 0 heterocycles. The van der Waals surface area contributed by atoms with Gasteiger partial charge in [0.1, 0.15) is 5.75 Å². The molecular weight excluding hydrogens is 174 g/mol. The van der Waals surface area contributed by atoms with Gasteiger partial charge in [-0.1, -0.05) is 18.6 Å². The van der Waals surface area contributed by atoms with E-state index in [2.05, 4.69) is 0 Å². The van der Waals surface area contributed by atoms with Crippen LogP contribution in [0.5, 0.6) is 5.75 Å². The monoisotopic (exact) mass is 191 g/mol. The van der Waals surface area contributed by atoms with Gasteiger partial charge in [0.25, 0.3) is 0 Å². The first kappa shape index (κ1) is 9.53. The average Bonchev–Trinajstić information content (AvgIpc) is 2.06. The zero-order chi connectivity index (χ0) is 10.1. The van der Waals surface area contributed by atoms with Crippen LogP contribution in [0.2, 0.25) is 0 Å². The van der Waals surface area contributed by atoms with Crippen LogP contribution in [0, 0.1) is 12.8 Å². The number of rotatable bonds is 2. The third kappa shape index (κ3) is 1.62. The van der Waals surface area contributed by atoms with E-state index in [0.717, 1.165) is 11.1 Å². The van der Waals surface area contributed by atoms with E-state index < -0.39 is 0 Å². The molecule has 0 amide bonds. The highest BCUT2D eigenvalue weighted by Crippen LogP contribution is 2.36. The average molecular weight is 191 g/mol. The Morgan fingerprint density at radius 1 is 1.43 bits per heavy atom. The van der Waals surface area contributed by atoms with Gasteiger partial charge in [-0.25, -0.2) is 0 Å². The van der Waals surface area contributed by atoms with Gasteiger partial charge in [-0.3, -0.25) is 0 Å². The van der Waals surface area contributed by atoms with E-state index in [9.17, 15) is 5.11 Å². The van der Waals surface area contributed by atoms with Gasteiger partial charge in [0.05, 0.1) is 0 Å². The van der Waals surface area contributed by atoms with Gasteiger partial charge in [-0.2, -0.15) is 0 Å².